The minimum atomic E-state index is 0.115. The molecule has 1 aromatic carbocycles. The van der Waals surface area contributed by atoms with E-state index < -0.39 is 0 Å². The third-order valence-corrected chi connectivity index (χ3v) is 6.14. The lowest BCUT2D eigenvalue weighted by Gasteiger charge is -2.21. The van der Waals surface area contributed by atoms with Crippen LogP contribution in [-0.4, -0.2) is 49.6 Å². The molecule has 3 rings (SSSR count). The summed E-state index contributed by atoms with van der Waals surface area (Å²) in [6, 6.07) is 8.45. The highest BCUT2D eigenvalue weighted by Gasteiger charge is 2.26. The van der Waals surface area contributed by atoms with Gasteiger partial charge in [-0.3, -0.25) is 4.99 Å². The largest absolute Gasteiger partial charge is 0.497 e. The Morgan fingerprint density at radius 3 is 2.68 bits per heavy atom. The van der Waals surface area contributed by atoms with Gasteiger partial charge >= 0.3 is 0 Å². The number of benzene rings is 1. The van der Waals surface area contributed by atoms with Crippen LogP contribution in [0.2, 0.25) is 0 Å². The summed E-state index contributed by atoms with van der Waals surface area (Å²) in [6.07, 6.45) is 2.07. The SMILES string of the molecule is CN=C(NCCc1nc(C(C)(C)C)cs1)N1CCC(c2ccc(OC)cc2)C1. The van der Waals surface area contributed by atoms with Crippen molar-refractivity contribution in [1.29, 1.82) is 0 Å². The number of hydrogen-bond acceptors (Lipinski definition) is 4. The first kappa shape index (κ1) is 20.6. The Bertz CT molecular complexity index is 792. The van der Waals surface area contributed by atoms with Gasteiger partial charge in [-0.15, -0.1) is 11.3 Å². The molecule has 2 heterocycles. The van der Waals surface area contributed by atoms with Gasteiger partial charge < -0.3 is 15.0 Å². The van der Waals surface area contributed by atoms with E-state index in [0.29, 0.717) is 5.92 Å². The Balaban J connectivity index is 1.51. The van der Waals surface area contributed by atoms with Gasteiger partial charge in [0.2, 0.25) is 0 Å². The van der Waals surface area contributed by atoms with Crippen molar-refractivity contribution >= 4 is 17.3 Å². The lowest BCUT2D eigenvalue weighted by atomic mass is 9.93. The summed E-state index contributed by atoms with van der Waals surface area (Å²) < 4.78 is 5.27. The smallest absolute Gasteiger partial charge is 0.193 e. The molecule has 0 saturated carbocycles. The Hall–Kier alpha value is -2.08. The van der Waals surface area contributed by atoms with E-state index in [-0.39, 0.29) is 5.41 Å². The van der Waals surface area contributed by atoms with Crippen LogP contribution in [0.1, 0.15) is 49.4 Å². The maximum absolute atomic E-state index is 5.27. The van der Waals surface area contributed by atoms with Gasteiger partial charge in [-0.2, -0.15) is 0 Å². The number of hydrogen-bond donors (Lipinski definition) is 1. The van der Waals surface area contributed by atoms with Crippen LogP contribution in [0.3, 0.4) is 0 Å². The molecule has 0 amide bonds. The number of likely N-dealkylation sites (tertiary alicyclic amines) is 1. The normalized spacial score (nSPS) is 17.8. The minimum absolute atomic E-state index is 0.115. The van der Waals surface area contributed by atoms with Crippen molar-refractivity contribution in [3.05, 3.63) is 45.9 Å². The van der Waals surface area contributed by atoms with E-state index in [1.807, 2.05) is 19.2 Å². The highest BCUT2D eigenvalue weighted by Crippen LogP contribution is 2.28. The highest BCUT2D eigenvalue weighted by molar-refractivity contribution is 7.09. The Morgan fingerprint density at radius 2 is 2.07 bits per heavy atom. The van der Waals surface area contributed by atoms with Gasteiger partial charge in [-0.1, -0.05) is 32.9 Å². The second-order valence-corrected chi connectivity index (χ2v) is 9.25. The van der Waals surface area contributed by atoms with Gasteiger partial charge in [0.25, 0.3) is 0 Å². The molecule has 2 aromatic rings. The van der Waals surface area contributed by atoms with Gasteiger partial charge in [-0.05, 0) is 24.1 Å². The highest BCUT2D eigenvalue weighted by atomic mass is 32.1. The monoisotopic (exact) mass is 400 g/mol. The molecule has 5 nitrogen and oxygen atoms in total. The average molecular weight is 401 g/mol. The van der Waals surface area contributed by atoms with Crippen LogP contribution < -0.4 is 10.1 Å². The molecule has 28 heavy (non-hydrogen) atoms. The number of guanidine groups is 1. The lowest BCUT2D eigenvalue weighted by molar-refractivity contribution is 0.414. The fraction of sp³-hybridized carbons (Fsp3) is 0.545. The number of nitrogens with one attached hydrogen (secondary N) is 1. The van der Waals surface area contributed by atoms with E-state index >= 15 is 0 Å². The van der Waals surface area contributed by atoms with Crippen molar-refractivity contribution in [1.82, 2.24) is 15.2 Å². The van der Waals surface area contributed by atoms with E-state index in [1.54, 1.807) is 18.4 Å². The molecule has 0 bridgehead atoms. The average Bonchev–Trinajstić information content (AvgIpc) is 3.35. The molecule has 1 saturated heterocycles. The Morgan fingerprint density at radius 1 is 1.32 bits per heavy atom. The van der Waals surface area contributed by atoms with Crippen molar-refractivity contribution in [2.24, 2.45) is 4.99 Å². The van der Waals surface area contributed by atoms with Gasteiger partial charge in [-0.25, -0.2) is 4.98 Å². The van der Waals surface area contributed by atoms with Crippen molar-refractivity contribution < 1.29 is 4.74 Å². The zero-order chi connectivity index (χ0) is 20.1. The van der Waals surface area contributed by atoms with Gasteiger partial charge in [0, 0.05) is 49.8 Å². The van der Waals surface area contributed by atoms with Crippen LogP contribution in [-0.2, 0) is 11.8 Å². The number of nitrogens with zero attached hydrogens (tertiary/aromatic N) is 3. The van der Waals surface area contributed by atoms with Crippen LogP contribution >= 0.6 is 11.3 Å². The number of methoxy groups -OCH3 is 1. The summed E-state index contributed by atoms with van der Waals surface area (Å²) in [7, 11) is 3.57. The van der Waals surface area contributed by atoms with Crippen LogP contribution in [0.25, 0.3) is 0 Å². The fourth-order valence-electron chi connectivity index (χ4n) is 3.48. The zero-order valence-electron chi connectivity index (χ0n) is 17.7. The molecule has 1 unspecified atom stereocenters. The second-order valence-electron chi connectivity index (χ2n) is 8.31. The van der Waals surface area contributed by atoms with Gasteiger partial charge in [0.05, 0.1) is 17.8 Å². The molecule has 1 fully saturated rings. The third-order valence-electron chi connectivity index (χ3n) is 5.23. The summed E-state index contributed by atoms with van der Waals surface area (Å²) >= 11 is 1.75. The Kier molecular flexibility index (Phi) is 6.60. The predicted octanol–water partition coefficient (Wildman–Crippen LogP) is 4.06. The molecule has 0 spiro atoms. The molecule has 6 heteroatoms. The summed E-state index contributed by atoms with van der Waals surface area (Å²) in [5.74, 6) is 2.44. The lowest BCUT2D eigenvalue weighted by Crippen LogP contribution is -2.40. The topological polar surface area (TPSA) is 49.8 Å². The van der Waals surface area contributed by atoms with Crippen LogP contribution in [0.5, 0.6) is 5.75 Å². The zero-order valence-corrected chi connectivity index (χ0v) is 18.5. The van der Waals surface area contributed by atoms with Crippen LogP contribution in [0.4, 0.5) is 0 Å². The molecule has 1 aliphatic heterocycles. The molecule has 1 aliphatic rings. The van der Waals surface area contributed by atoms with E-state index in [9.17, 15) is 0 Å². The molecule has 0 aliphatic carbocycles. The van der Waals surface area contributed by atoms with E-state index in [1.165, 1.54) is 16.3 Å². The predicted molar refractivity (Wildman–Crippen MR) is 118 cm³/mol. The van der Waals surface area contributed by atoms with Crippen molar-refractivity contribution in [3.63, 3.8) is 0 Å². The molecular weight excluding hydrogens is 368 g/mol. The molecular formula is C22H32N4OS. The molecule has 1 N–H and O–H groups in total. The maximum Gasteiger partial charge on any atom is 0.193 e. The maximum atomic E-state index is 5.27. The number of thiazole rings is 1. The van der Waals surface area contributed by atoms with E-state index in [4.69, 9.17) is 9.72 Å². The number of aromatic nitrogens is 1. The van der Waals surface area contributed by atoms with E-state index in [0.717, 1.165) is 44.2 Å². The summed E-state index contributed by atoms with van der Waals surface area (Å²) in [4.78, 5) is 11.6. The van der Waals surface area contributed by atoms with Crippen molar-refractivity contribution in [2.75, 3.05) is 33.8 Å². The standard InChI is InChI=1S/C22H32N4OS/c1-22(2,3)19-15-28-20(25-19)10-12-24-21(23-4)26-13-11-17(14-26)16-6-8-18(27-5)9-7-16/h6-9,15,17H,10-14H2,1-5H3,(H,23,24). The summed E-state index contributed by atoms with van der Waals surface area (Å²) in [5, 5.41) is 6.89. The molecule has 1 atom stereocenters. The van der Waals surface area contributed by atoms with Crippen LogP contribution in [0, 0.1) is 0 Å². The number of aliphatic imine (C=N–C) groups is 1. The number of ether oxygens (including phenoxy) is 1. The fourth-order valence-corrected chi connectivity index (χ4v) is 4.51. The first-order valence-electron chi connectivity index (χ1n) is 9.95. The first-order valence-corrected chi connectivity index (χ1v) is 10.8. The van der Waals surface area contributed by atoms with Crippen molar-refractivity contribution in [3.8, 4) is 5.75 Å². The second kappa shape index (κ2) is 8.95. The molecule has 1 aromatic heterocycles. The van der Waals surface area contributed by atoms with Gasteiger partial charge in [0.1, 0.15) is 5.75 Å². The van der Waals surface area contributed by atoms with Crippen LogP contribution in [0.15, 0.2) is 34.6 Å². The van der Waals surface area contributed by atoms with E-state index in [2.05, 4.69) is 53.5 Å². The first-order chi connectivity index (χ1) is 13.4. The van der Waals surface area contributed by atoms with Crippen molar-refractivity contribution in [2.45, 2.75) is 44.9 Å². The summed E-state index contributed by atoms with van der Waals surface area (Å²) in [6.45, 7) is 9.50. The minimum Gasteiger partial charge on any atom is -0.497 e. The third kappa shape index (κ3) is 5.04. The number of rotatable bonds is 5. The molecule has 0 radical (unpaired) electrons. The molecule has 152 valence electrons. The Labute approximate surface area is 172 Å². The van der Waals surface area contributed by atoms with Gasteiger partial charge in [0.15, 0.2) is 5.96 Å². The summed E-state index contributed by atoms with van der Waals surface area (Å²) in [5.41, 5.74) is 2.67. The quantitative estimate of drug-likeness (QED) is 0.607.